The molecule has 2 heterocycles. The summed E-state index contributed by atoms with van der Waals surface area (Å²) < 4.78 is 14.4. The van der Waals surface area contributed by atoms with Crippen molar-refractivity contribution in [1.82, 2.24) is 4.90 Å². The smallest absolute Gasteiger partial charge is 0.146 e. The maximum Gasteiger partial charge on any atom is 0.146 e. The summed E-state index contributed by atoms with van der Waals surface area (Å²) in [7, 11) is 0. The number of benzene rings is 1. The Morgan fingerprint density at radius 3 is 2.57 bits per heavy atom. The first-order valence-corrected chi connectivity index (χ1v) is 8.55. The van der Waals surface area contributed by atoms with Gasteiger partial charge >= 0.3 is 0 Å². The second-order valence-corrected chi connectivity index (χ2v) is 6.48. The van der Waals surface area contributed by atoms with Crippen LogP contribution in [-0.2, 0) is 6.42 Å². The Kier molecular flexibility index (Phi) is 4.79. The SMILES string of the molecule is CCc1ccc(N2CCCCC(N3CCCC3)C2)c(F)c1. The molecule has 1 aromatic carbocycles. The van der Waals surface area contributed by atoms with Crippen LogP contribution in [0, 0.1) is 5.82 Å². The van der Waals surface area contributed by atoms with Crippen molar-refractivity contribution in [2.24, 2.45) is 0 Å². The van der Waals surface area contributed by atoms with Crippen molar-refractivity contribution in [1.29, 1.82) is 0 Å². The van der Waals surface area contributed by atoms with E-state index < -0.39 is 0 Å². The highest BCUT2D eigenvalue weighted by Gasteiger charge is 2.26. The van der Waals surface area contributed by atoms with Gasteiger partial charge in [0.05, 0.1) is 5.69 Å². The number of likely N-dealkylation sites (tertiary alicyclic amines) is 1. The van der Waals surface area contributed by atoms with Crippen LogP contribution in [0.3, 0.4) is 0 Å². The Bertz CT molecular complexity index is 468. The molecule has 3 heteroatoms. The average molecular weight is 290 g/mol. The third-order valence-corrected chi connectivity index (χ3v) is 5.06. The fourth-order valence-corrected chi connectivity index (χ4v) is 3.77. The fraction of sp³-hybridized carbons (Fsp3) is 0.667. The molecule has 0 saturated carbocycles. The Hall–Kier alpha value is -1.09. The first-order chi connectivity index (χ1) is 10.3. The fourth-order valence-electron chi connectivity index (χ4n) is 3.77. The van der Waals surface area contributed by atoms with Crippen LogP contribution in [0.2, 0.25) is 0 Å². The molecule has 0 N–H and O–H groups in total. The standard InChI is InChI=1S/C18H27FN2/c1-2-15-8-9-18(17(19)13-15)21-12-4-3-7-16(14-21)20-10-5-6-11-20/h8-9,13,16H,2-7,10-12,14H2,1H3. The first kappa shape index (κ1) is 14.8. The number of nitrogens with zero attached hydrogens (tertiary/aromatic N) is 2. The second-order valence-electron chi connectivity index (χ2n) is 6.48. The minimum Gasteiger partial charge on any atom is -0.368 e. The molecule has 0 amide bonds. The Morgan fingerprint density at radius 2 is 1.86 bits per heavy atom. The van der Waals surface area contributed by atoms with Crippen molar-refractivity contribution in [2.45, 2.75) is 51.5 Å². The summed E-state index contributed by atoms with van der Waals surface area (Å²) in [4.78, 5) is 4.90. The summed E-state index contributed by atoms with van der Waals surface area (Å²) >= 11 is 0. The van der Waals surface area contributed by atoms with Crippen molar-refractivity contribution in [3.8, 4) is 0 Å². The lowest BCUT2D eigenvalue weighted by molar-refractivity contribution is 0.236. The number of halogens is 1. The van der Waals surface area contributed by atoms with E-state index in [4.69, 9.17) is 0 Å². The average Bonchev–Trinajstić information content (AvgIpc) is 2.92. The number of hydrogen-bond acceptors (Lipinski definition) is 2. The van der Waals surface area contributed by atoms with E-state index in [-0.39, 0.29) is 5.82 Å². The van der Waals surface area contributed by atoms with Gasteiger partial charge in [-0.3, -0.25) is 4.90 Å². The predicted octanol–water partition coefficient (Wildman–Crippen LogP) is 3.84. The lowest BCUT2D eigenvalue weighted by atomic mass is 10.1. The number of rotatable bonds is 3. The summed E-state index contributed by atoms with van der Waals surface area (Å²) in [5, 5.41) is 0. The molecular weight excluding hydrogens is 263 g/mol. The molecule has 0 spiro atoms. The molecule has 2 aliphatic rings. The third-order valence-electron chi connectivity index (χ3n) is 5.06. The van der Waals surface area contributed by atoms with E-state index in [2.05, 4.69) is 22.8 Å². The molecule has 2 nitrogen and oxygen atoms in total. The van der Waals surface area contributed by atoms with Gasteiger partial charge in [-0.05, 0) is 62.9 Å². The quantitative estimate of drug-likeness (QED) is 0.834. The zero-order chi connectivity index (χ0) is 14.7. The molecule has 2 saturated heterocycles. The molecule has 0 aromatic heterocycles. The van der Waals surface area contributed by atoms with Gasteiger partial charge in [-0.25, -0.2) is 4.39 Å². The van der Waals surface area contributed by atoms with Gasteiger partial charge in [0.15, 0.2) is 0 Å². The predicted molar refractivity (Wildman–Crippen MR) is 86.4 cm³/mol. The van der Waals surface area contributed by atoms with E-state index in [9.17, 15) is 4.39 Å². The summed E-state index contributed by atoms with van der Waals surface area (Å²) in [5.74, 6) is -0.0450. The third kappa shape index (κ3) is 3.39. The van der Waals surface area contributed by atoms with Crippen LogP contribution < -0.4 is 4.90 Å². The summed E-state index contributed by atoms with van der Waals surface area (Å²) in [6, 6.07) is 6.39. The molecule has 1 atom stereocenters. The van der Waals surface area contributed by atoms with E-state index in [1.54, 1.807) is 6.07 Å². The lowest BCUT2D eigenvalue weighted by Crippen LogP contribution is -2.41. The maximum absolute atomic E-state index is 14.4. The van der Waals surface area contributed by atoms with E-state index >= 15 is 0 Å². The zero-order valence-corrected chi connectivity index (χ0v) is 13.2. The van der Waals surface area contributed by atoms with Gasteiger partial charge in [0.2, 0.25) is 0 Å². The minimum atomic E-state index is -0.0450. The Balaban J connectivity index is 1.76. The van der Waals surface area contributed by atoms with Gasteiger partial charge in [0.1, 0.15) is 5.82 Å². The van der Waals surface area contributed by atoms with Crippen LogP contribution in [0.1, 0.15) is 44.6 Å². The van der Waals surface area contributed by atoms with Crippen LogP contribution in [0.5, 0.6) is 0 Å². The molecule has 2 fully saturated rings. The first-order valence-electron chi connectivity index (χ1n) is 8.55. The van der Waals surface area contributed by atoms with Crippen LogP contribution >= 0.6 is 0 Å². The Labute approximate surface area is 127 Å². The van der Waals surface area contributed by atoms with Gasteiger partial charge in [-0.15, -0.1) is 0 Å². The van der Waals surface area contributed by atoms with Gasteiger partial charge < -0.3 is 4.90 Å². The van der Waals surface area contributed by atoms with Gasteiger partial charge in [-0.2, -0.15) is 0 Å². The van der Waals surface area contributed by atoms with Gasteiger partial charge in [0, 0.05) is 19.1 Å². The van der Waals surface area contributed by atoms with E-state index in [0.29, 0.717) is 6.04 Å². The van der Waals surface area contributed by atoms with E-state index in [1.165, 1.54) is 45.2 Å². The van der Waals surface area contributed by atoms with Crippen molar-refractivity contribution in [3.05, 3.63) is 29.6 Å². The largest absolute Gasteiger partial charge is 0.368 e. The molecular formula is C18H27FN2. The van der Waals surface area contributed by atoms with Crippen molar-refractivity contribution in [3.63, 3.8) is 0 Å². The normalized spacial score (nSPS) is 24.3. The number of anilines is 1. The highest BCUT2D eigenvalue weighted by atomic mass is 19.1. The van der Waals surface area contributed by atoms with Gasteiger partial charge in [-0.1, -0.05) is 19.4 Å². The maximum atomic E-state index is 14.4. The molecule has 21 heavy (non-hydrogen) atoms. The summed E-state index contributed by atoms with van der Waals surface area (Å²) in [6.45, 7) is 6.52. The highest BCUT2D eigenvalue weighted by molar-refractivity contribution is 5.49. The van der Waals surface area contributed by atoms with Crippen molar-refractivity contribution >= 4 is 5.69 Å². The molecule has 0 aliphatic carbocycles. The molecule has 2 aliphatic heterocycles. The summed E-state index contributed by atoms with van der Waals surface area (Å²) in [6.07, 6.45) is 7.27. The topological polar surface area (TPSA) is 6.48 Å². The molecule has 1 aromatic rings. The second kappa shape index (κ2) is 6.78. The molecule has 0 radical (unpaired) electrons. The summed E-state index contributed by atoms with van der Waals surface area (Å²) in [5.41, 5.74) is 1.89. The van der Waals surface area contributed by atoms with Crippen LogP contribution in [0.25, 0.3) is 0 Å². The Morgan fingerprint density at radius 1 is 1.10 bits per heavy atom. The van der Waals surface area contributed by atoms with E-state index in [0.717, 1.165) is 30.8 Å². The number of hydrogen-bond donors (Lipinski definition) is 0. The minimum absolute atomic E-state index is 0.0450. The van der Waals surface area contributed by atoms with E-state index in [1.807, 2.05) is 6.07 Å². The number of aryl methyl sites for hydroxylation is 1. The molecule has 116 valence electrons. The molecule has 1 unspecified atom stereocenters. The van der Waals surface area contributed by atoms with Gasteiger partial charge in [0.25, 0.3) is 0 Å². The molecule has 3 rings (SSSR count). The van der Waals surface area contributed by atoms with Crippen molar-refractivity contribution < 1.29 is 4.39 Å². The van der Waals surface area contributed by atoms with Crippen molar-refractivity contribution in [2.75, 3.05) is 31.1 Å². The van der Waals surface area contributed by atoms with Crippen LogP contribution in [-0.4, -0.2) is 37.1 Å². The highest BCUT2D eigenvalue weighted by Crippen LogP contribution is 2.27. The zero-order valence-electron chi connectivity index (χ0n) is 13.2. The van der Waals surface area contributed by atoms with Crippen LogP contribution in [0.4, 0.5) is 10.1 Å². The lowest BCUT2D eigenvalue weighted by Gasteiger charge is -2.32. The van der Waals surface area contributed by atoms with Crippen LogP contribution in [0.15, 0.2) is 18.2 Å². The monoisotopic (exact) mass is 290 g/mol. The molecule has 0 bridgehead atoms.